The summed E-state index contributed by atoms with van der Waals surface area (Å²) in [5, 5.41) is 9.49. The van der Waals surface area contributed by atoms with E-state index in [2.05, 4.69) is 6.92 Å². The molecule has 0 aliphatic carbocycles. The molecule has 0 bridgehead atoms. The molecule has 0 amide bonds. The molecule has 0 aromatic rings. The number of aliphatic hydroxyl groups excluding tert-OH is 1. The summed E-state index contributed by atoms with van der Waals surface area (Å²) in [5.74, 6) is -0.200. The summed E-state index contributed by atoms with van der Waals surface area (Å²) in [5.41, 5.74) is 0. The zero-order valence-electron chi connectivity index (χ0n) is 11.4. The van der Waals surface area contributed by atoms with Gasteiger partial charge < -0.3 is 6.53 Å². The molecule has 2 N–H and O–H groups in total. The average molecular weight is 262 g/mol. The van der Waals surface area contributed by atoms with Gasteiger partial charge in [0, 0.05) is 0 Å². The van der Waals surface area contributed by atoms with Crippen molar-refractivity contribution in [1.82, 2.24) is 0 Å². The molecule has 16 heavy (non-hydrogen) atoms. The first-order chi connectivity index (χ1) is 6.95. The fraction of sp³-hybridized carbons (Fsp3) is 1.00. The van der Waals surface area contributed by atoms with Gasteiger partial charge in [-0.15, -0.1) is 0 Å². The SMILES string of the molecule is CCCCCC(O)CCCCS(=O)(=O)O.[H-].[Na+]. The van der Waals surface area contributed by atoms with E-state index in [0.29, 0.717) is 19.3 Å². The van der Waals surface area contributed by atoms with Crippen molar-refractivity contribution < 1.29 is 49.1 Å². The summed E-state index contributed by atoms with van der Waals surface area (Å²) >= 11 is 0. The summed E-state index contributed by atoms with van der Waals surface area (Å²) in [7, 11) is -3.82. The first kappa shape index (κ1) is 19.2. The largest absolute Gasteiger partial charge is 1.00 e. The number of rotatable bonds is 9. The van der Waals surface area contributed by atoms with Gasteiger partial charge in [0.15, 0.2) is 0 Å². The van der Waals surface area contributed by atoms with Gasteiger partial charge in [0.2, 0.25) is 0 Å². The minimum absolute atomic E-state index is 0. The van der Waals surface area contributed by atoms with Crippen LogP contribution in [-0.4, -0.2) is 29.9 Å². The maximum absolute atomic E-state index is 10.4. The van der Waals surface area contributed by atoms with Crippen LogP contribution in [-0.2, 0) is 10.1 Å². The summed E-state index contributed by atoms with van der Waals surface area (Å²) in [6, 6.07) is 0. The van der Waals surface area contributed by atoms with Gasteiger partial charge in [0.1, 0.15) is 0 Å². The van der Waals surface area contributed by atoms with Crippen molar-refractivity contribution in [1.29, 1.82) is 0 Å². The molecule has 1 unspecified atom stereocenters. The van der Waals surface area contributed by atoms with Gasteiger partial charge in [-0.3, -0.25) is 4.55 Å². The van der Waals surface area contributed by atoms with E-state index in [-0.39, 0.29) is 42.8 Å². The van der Waals surface area contributed by atoms with E-state index < -0.39 is 10.1 Å². The normalized spacial score (nSPS) is 13.2. The van der Waals surface area contributed by atoms with Gasteiger partial charge in [-0.25, -0.2) is 0 Å². The van der Waals surface area contributed by atoms with E-state index in [1.807, 2.05) is 0 Å². The Morgan fingerprint density at radius 1 is 1.12 bits per heavy atom. The van der Waals surface area contributed by atoms with Crippen molar-refractivity contribution in [2.45, 2.75) is 58.0 Å². The van der Waals surface area contributed by atoms with E-state index in [9.17, 15) is 13.5 Å². The number of hydrogen-bond donors (Lipinski definition) is 2. The van der Waals surface area contributed by atoms with Crippen LogP contribution in [0.3, 0.4) is 0 Å². The predicted molar refractivity (Wildman–Crippen MR) is 61.5 cm³/mol. The second-order valence-corrected chi connectivity index (χ2v) is 5.50. The monoisotopic (exact) mass is 262 g/mol. The van der Waals surface area contributed by atoms with E-state index in [1.54, 1.807) is 0 Å². The zero-order valence-corrected chi connectivity index (χ0v) is 13.2. The van der Waals surface area contributed by atoms with Gasteiger partial charge in [-0.1, -0.05) is 26.2 Å². The van der Waals surface area contributed by atoms with Crippen LogP contribution in [0, 0.1) is 0 Å². The van der Waals surface area contributed by atoms with Gasteiger partial charge in [0.25, 0.3) is 10.1 Å². The van der Waals surface area contributed by atoms with Crippen molar-refractivity contribution in [3.8, 4) is 0 Å². The standard InChI is InChI=1S/C10H22O4S.Na.H/c1-2-3-4-7-10(11)8-5-6-9-15(12,13)14;;/h10-11H,2-9H2,1H3,(H,12,13,14);;/q;+1;-1. The Balaban J connectivity index is -0.000000980. The van der Waals surface area contributed by atoms with Crippen molar-refractivity contribution in [2.24, 2.45) is 0 Å². The molecule has 6 heteroatoms. The molecular formula is C10H23NaO4S. The Morgan fingerprint density at radius 3 is 2.06 bits per heavy atom. The Kier molecular flexibility index (Phi) is 13.2. The van der Waals surface area contributed by atoms with Crippen LogP contribution in [0.4, 0.5) is 0 Å². The quantitative estimate of drug-likeness (QED) is 0.321. The molecule has 0 aliphatic heterocycles. The Hall–Kier alpha value is 0.870. The van der Waals surface area contributed by atoms with Crippen LogP contribution in [0.1, 0.15) is 53.3 Å². The van der Waals surface area contributed by atoms with E-state index >= 15 is 0 Å². The summed E-state index contributed by atoms with van der Waals surface area (Å²) in [4.78, 5) is 0. The topological polar surface area (TPSA) is 74.6 Å². The maximum Gasteiger partial charge on any atom is 1.00 e. The molecule has 4 nitrogen and oxygen atoms in total. The van der Waals surface area contributed by atoms with Crippen LogP contribution in [0.2, 0.25) is 0 Å². The van der Waals surface area contributed by atoms with Gasteiger partial charge in [-0.2, -0.15) is 8.42 Å². The van der Waals surface area contributed by atoms with Crippen molar-refractivity contribution in [3.05, 3.63) is 0 Å². The first-order valence-electron chi connectivity index (χ1n) is 5.59. The Bertz CT molecular complexity index is 247. The first-order valence-corrected chi connectivity index (χ1v) is 7.20. The summed E-state index contributed by atoms with van der Waals surface area (Å²) in [6.07, 6.45) is 5.45. The van der Waals surface area contributed by atoms with E-state index in [1.165, 1.54) is 0 Å². The van der Waals surface area contributed by atoms with Gasteiger partial charge in [0.05, 0.1) is 11.9 Å². The summed E-state index contributed by atoms with van der Waals surface area (Å²) < 4.78 is 29.2. The van der Waals surface area contributed by atoms with Crippen LogP contribution in [0.25, 0.3) is 0 Å². The molecule has 1 atom stereocenters. The van der Waals surface area contributed by atoms with Gasteiger partial charge >= 0.3 is 29.6 Å². The molecule has 94 valence electrons. The van der Waals surface area contributed by atoms with Crippen molar-refractivity contribution in [3.63, 3.8) is 0 Å². The fourth-order valence-electron chi connectivity index (χ4n) is 1.44. The maximum atomic E-state index is 10.4. The molecule has 0 saturated carbocycles. The molecule has 0 radical (unpaired) electrons. The van der Waals surface area contributed by atoms with Gasteiger partial charge in [-0.05, 0) is 25.7 Å². The Labute approximate surface area is 122 Å². The van der Waals surface area contributed by atoms with Crippen LogP contribution in [0.5, 0.6) is 0 Å². The molecule has 0 aromatic carbocycles. The molecule has 0 rings (SSSR count). The van der Waals surface area contributed by atoms with E-state index in [0.717, 1.165) is 25.7 Å². The molecular weight excluding hydrogens is 239 g/mol. The predicted octanol–water partition coefficient (Wildman–Crippen LogP) is -0.898. The Morgan fingerprint density at radius 2 is 1.62 bits per heavy atom. The fourth-order valence-corrected chi connectivity index (χ4v) is 2.01. The second kappa shape index (κ2) is 11.0. The van der Waals surface area contributed by atoms with Crippen LogP contribution < -0.4 is 29.6 Å². The van der Waals surface area contributed by atoms with Crippen LogP contribution in [0.15, 0.2) is 0 Å². The van der Waals surface area contributed by atoms with E-state index in [4.69, 9.17) is 4.55 Å². The van der Waals surface area contributed by atoms with Crippen molar-refractivity contribution >= 4 is 10.1 Å². The number of aliphatic hydroxyl groups is 1. The molecule has 0 spiro atoms. The molecule has 0 aromatic heterocycles. The second-order valence-electron chi connectivity index (χ2n) is 3.93. The zero-order chi connectivity index (χ0) is 11.7. The van der Waals surface area contributed by atoms with Crippen molar-refractivity contribution in [2.75, 3.05) is 5.75 Å². The smallest absolute Gasteiger partial charge is 1.00 e. The van der Waals surface area contributed by atoms with Crippen LogP contribution >= 0.6 is 0 Å². The third-order valence-corrected chi connectivity index (χ3v) is 3.14. The molecule has 0 saturated heterocycles. The molecule has 0 heterocycles. The minimum atomic E-state index is -3.82. The summed E-state index contributed by atoms with van der Waals surface area (Å²) in [6.45, 7) is 2.11. The number of hydrogen-bond acceptors (Lipinski definition) is 3. The molecule has 0 aliphatic rings. The minimum Gasteiger partial charge on any atom is -1.00 e. The number of unbranched alkanes of at least 4 members (excludes halogenated alkanes) is 3. The third-order valence-electron chi connectivity index (χ3n) is 2.33. The average Bonchev–Trinajstić information content (AvgIpc) is 2.11. The molecule has 0 fully saturated rings. The third kappa shape index (κ3) is 14.9.